The lowest BCUT2D eigenvalue weighted by Crippen LogP contribution is -2.34. The van der Waals surface area contributed by atoms with Gasteiger partial charge in [0.25, 0.3) is 5.91 Å². The highest BCUT2D eigenvalue weighted by Gasteiger charge is 2.26. The molecular weight excluding hydrogens is 380 g/mol. The largest absolute Gasteiger partial charge is 0.349 e. The molecular formula is C20H26N2O3S2. The van der Waals surface area contributed by atoms with Crippen LogP contribution < -0.4 is 5.32 Å². The van der Waals surface area contributed by atoms with Crippen molar-refractivity contribution in [2.75, 3.05) is 13.1 Å². The van der Waals surface area contributed by atoms with E-state index in [9.17, 15) is 13.2 Å². The van der Waals surface area contributed by atoms with Crippen LogP contribution in [0.25, 0.3) is 0 Å². The van der Waals surface area contributed by atoms with Gasteiger partial charge in [-0.3, -0.25) is 4.79 Å². The SMILES string of the molecule is CC(Cc1ccsc1)NC(=O)c1cccc(S(=O)(=O)N2CCCCCC2)c1. The Kier molecular flexibility index (Phi) is 6.68. The van der Waals surface area contributed by atoms with Gasteiger partial charge in [0, 0.05) is 24.7 Å². The van der Waals surface area contributed by atoms with Crippen LogP contribution in [0.2, 0.25) is 0 Å². The van der Waals surface area contributed by atoms with Crippen molar-refractivity contribution >= 4 is 27.3 Å². The summed E-state index contributed by atoms with van der Waals surface area (Å²) in [7, 11) is -3.56. The van der Waals surface area contributed by atoms with Crippen LogP contribution in [0.5, 0.6) is 0 Å². The van der Waals surface area contributed by atoms with E-state index >= 15 is 0 Å². The first-order chi connectivity index (χ1) is 13.0. The molecule has 1 aromatic heterocycles. The van der Waals surface area contributed by atoms with E-state index in [0.29, 0.717) is 18.7 Å². The normalized spacial score (nSPS) is 17.2. The lowest BCUT2D eigenvalue weighted by molar-refractivity contribution is 0.0940. The third-order valence-corrected chi connectivity index (χ3v) is 7.43. The van der Waals surface area contributed by atoms with Gasteiger partial charge >= 0.3 is 0 Å². The van der Waals surface area contributed by atoms with E-state index < -0.39 is 10.0 Å². The molecule has 2 aromatic rings. The van der Waals surface area contributed by atoms with Crippen molar-refractivity contribution in [2.24, 2.45) is 0 Å². The number of sulfonamides is 1. The fraction of sp³-hybridized carbons (Fsp3) is 0.450. The molecule has 1 saturated heterocycles. The monoisotopic (exact) mass is 406 g/mol. The molecule has 1 unspecified atom stereocenters. The fourth-order valence-electron chi connectivity index (χ4n) is 3.35. The van der Waals surface area contributed by atoms with Crippen LogP contribution in [0, 0.1) is 0 Å². The molecule has 1 N–H and O–H groups in total. The number of carbonyl (C=O) groups is 1. The molecule has 27 heavy (non-hydrogen) atoms. The standard InChI is InChI=1S/C20H26N2O3S2/c1-16(13-17-9-12-26-15-17)21-20(23)18-7-6-8-19(14-18)27(24,25)22-10-4-2-3-5-11-22/h6-9,12,14-16H,2-5,10-11,13H2,1H3,(H,21,23). The van der Waals surface area contributed by atoms with Crippen molar-refractivity contribution in [1.29, 1.82) is 0 Å². The van der Waals surface area contributed by atoms with Gasteiger partial charge in [-0.25, -0.2) is 8.42 Å². The lowest BCUT2D eigenvalue weighted by Gasteiger charge is -2.20. The van der Waals surface area contributed by atoms with Crippen molar-refractivity contribution in [3.05, 3.63) is 52.2 Å². The van der Waals surface area contributed by atoms with E-state index in [1.54, 1.807) is 33.8 Å². The Hall–Kier alpha value is -1.70. The Morgan fingerprint density at radius 2 is 1.93 bits per heavy atom. The van der Waals surface area contributed by atoms with Gasteiger partial charge in [-0.1, -0.05) is 18.9 Å². The summed E-state index contributed by atoms with van der Waals surface area (Å²) >= 11 is 1.63. The highest BCUT2D eigenvalue weighted by atomic mass is 32.2. The predicted octanol–water partition coefficient (Wildman–Crippen LogP) is 3.67. The molecule has 0 aliphatic carbocycles. The number of benzene rings is 1. The van der Waals surface area contributed by atoms with Crippen molar-refractivity contribution in [3.63, 3.8) is 0 Å². The van der Waals surface area contributed by atoms with Gasteiger partial charge in [-0.2, -0.15) is 15.6 Å². The van der Waals surface area contributed by atoms with Gasteiger partial charge in [-0.05, 0) is 66.8 Å². The molecule has 0 saturated carbocycles. The Morgan fingerprint density at radius 3 is 2.59 bits per heavy atom. The summed E-state index contributed by atoms with van der Waals surface area (Å²) in [6.07, 6.45) is 4.66. The minimum atomic E-state index is -3.56. The quantitative estimate of drug-likeness (QED) is 0.796. The fourth-order valence-corrected chi connectivity index (χ4v) is 5.59. The van der Waals surface area contributed by atoms with Gasteiger partial charge in [0.2, 0.25) is 10.0 Å². The van der Waals surface area contributed by atoms with Gasteiger partial charge < -0.3 is 5.32 Å². The zero-order chi connectivity index (χ0) is 19.3. The van der Waals surface area contributed by atoms with Gasteiger partial charge in [-0.15, -0.1) is 0 Å². The summed E-state index contributed by atoms with van der Waals surface area (Å²) in [5, 5.41) is 7.04. The summed E-state index contributed by atoms with van der Waals surface area (Å²) < 4.78 is 27.4. The molecule has 7 heteroatoms. The Labute approximate surface area is 165 Å². The molecule has 0 radical (unpaired) electrons. The van der Waals surface area contributed by atoms with Crippen molar-refractivity contribution in [2.45, 2.75) is 50.0 Å². The van der Waals surface area contributed by atoms with Gasteiger partial charge in [0.1, 0.15) is 0 Å². The topological polar surface area (TPSA) is 66.5 Å². The second kappa shape index (κ2) is 8.99. The molecule has 5 nitrogen and oxygen atoms in total. The highest BCUT2D eigenvalue weighted by molar-refractivity contribution is 7.89. The Balaban J connectivity index is 1.71. The number of hydrogen-bond acceptors (Lipinski definition) is 4. The van der Waals surface area contributed by atoms with Crippen LogP contribution in [0.4, 0.5) is 0 Å². The zero-order valence-corrected chi connectivity index (χ0v) is 17.2. The molecule has 0 bridgehead atoms. The first-order valence-corrected chi connectivity index (χ1v) is 11.8. The van der Waals surface area contributed by atoms with Crippen LogP contribution in [0.15, 0.2) is 46.0 Å². The van der Waals surface area contributed by atoms with Crippen LogP contribution in [-0.2, 0) is 16.4 Å². The molecule has 1 aliphatic rings. The summed E-state index contributed by atoms with van der Waals surface area (Å²) in [5.41, 5.74) is 1.56. The van der Waals surface area contributed by atoms with Crippen LogP contribution in [0.1, 0.15) is 48.5 Å². The van der Waals surface area contributed by atoms with Crippen LogP contribution in [-0.4, -0.2) is 37.8 Å². The third-order valence-electron chi connectivity index (χ3n) is 4.80. The molecule has 1 aromatic carbocycles. The molecule has 2 heterocycles. The van der Waals surface area contributed by atoms with Crippen molar-refractivity contribution in [1.82, 2.24) is 9.62 Å². The molecule has 1 aliphatic heterocycles. The lowest BCUT2D eigenvalue weighted by atomic mass is 10.1. The van der Waals surface area contributed by atoms with Gasteiger partial charge in [0.15, 0.2) is 0 Å². The van der Waals surface area contributed by atoms with E-state index in [0.717, 1.165) is 32.1 Å². The van der Waals surface area contributed by atoms with Gasteiger partial charge in [0.05, 0.1) is 4.90 Å². The van der Waals surface area contributed by atoms with E-state index in [2.05, 4.69) is 10.7 Å². The Morgan fingerprint density at radius 1 is 1.19 bits per heavy atom. The number of rotatable bonds is 6. The number of nitrogens with one attached hydrogen (secondary N) is 1. The second-order valence-electron chi connectivity index (χ2n) is 7.06. The summed E-state index contributed by atoms with van der Waals surface area (Å²) in [6, 6.07) is 8.38. The minimum absolute atomic E-state index is 0.0297. The molecule has 1 atom stereocenters. The average molecular weight is 407 g/mol. The molecule has 0 spiro atoms. The number of hydrogen-bond donors (Lipinski definition) is 1. The molecule has 1 amide bonds. The third kappa shape index (κ3) is 5.18. The number of carbonyl (C=O) groups excluding carboxylic acids is 1. The average Bonchev–Trinajstić information content (AvgIpc) is 3.00. The van der Waals surface area contributed by atoms with Crippen molar-refractivity contribution in [3.8, 4) is 0 Å². The maximum absolute atomic E-state index is 12.9. The number of thiophene rings is 1. The molecule has 146 valence electrons. The van der Waals surface area contributed by atoms with Crippen LogP contribution >= 0.6 is 11.3 Å². The maximum atomic E-state index is 12.9. The smallest absolute Gasteiger partial charge is 0.251 e. The van der Waals surface area contributed by atoms with Crippen molar-refractivity contribution < 1.29 is 13.2 Å². The zero-order valence-electron chi connectivity index (χ0n) is 15.6. The summed E-state index contributed by atoms with van der Waals surface area (Å²) in [5.74, 6) is -0.245. The summed E-state index contributed by atoms with van der Waals surface area (Å²) in [4.78, 5) is 12.8. The van der Waals surface area contributed by atoms with E-state index in [1.807, 2.05) is 18.4 Å². The van der Waals surface area contributed by atoms with E-state index in [1.165, 1.54) is 11.6 Å². The van der Waals surface area contributed by atoms with E-state index in [4.69, 9.17) is 0 Å². The maximum Gasteiger partial charge on any atom is 0.251 e. The first-order valence-electron chi connectivity index (χ1n) is 9.39. The predicted molar refractivity (Wildman–Crippen MR) is 109 cm³/mol. The second-order valence-corrected chi connectivity index (χ2v) is 9.77. The highest BCUT2D eigenvalue weighted by Crippen LogP contribution is 2.21. The Bertz CT molecular complexity index is 855. The number of nitrogens with zero attached hydrogens (tertiary/aromatic N) is 1. The molecule has 3 rings (SSSR count). The number of amides is 1. The minimum Gasteiger partial charge on any atom is -0.349 e. The summed E-state index contributed by atoms with van der Waals surface area (Å²) in [6.45, 7) is 3.06. The molecule has 1 fully saturated rings. The van der Waals surface area contributed by atoms with Crippen LogP contribution in [0.3, 0.4) is 0 Å². The first kappa shape index (κ1) is 20.0. The van der Waals surface area contributed by atoms with E-state index in [-0.39, 0.29) is 16.8 Å².